The lowest BCUT2D eigenvalue weighted by Crippen LogP contribution is -2.12. The van der Waals surface area contributed by atoms with E-state index >= 15 is 0 Å². The van der Waals surface area contributed by atoms with Gasteiger partial charge in [0.25, 0.3) is 0 Å². The minimum atomic E-state index is 0.0780. The lowest BCUT2D eigenvalue weighted by Gasteiger charge is -2.21. The summed E-state index contributed by atoms with van der Waals surface area (Å²) in [5, 5.41) is 0. The van der Waals surface area contributed by atoms with Crippen molar-refractivity contribution in [3.63, 3.8) is 0 Å². The van der Waals surface area contributed by atoms with Crippen LogP contribution in [0.15, 0.2) is 42.5 Å². The Morgan fingerprint density at radius 3 is 2.55 bits per heavy atom. The van der Waals surface area contributed by atoms with Gasteiger partial charge in [0.1, 0.15) is 5.82 Å². The molecule has 3 rings (SSSR count). The molecule has 0 bridgehead atoms. The number of nitrogens with one attached hydrogen (secondary N) is 1. The van der Waals surface area contributed by atoms with Crippen molar-refractivity contribution in [1.29, 1.82) is 0 Å². The first-order valence-electron chi connectivity index (χ1n) is 6.80. The molecule has 0 aliphatic carbocycles. The maximum absolute atomic E-state index is 5.82. The fourth-order valence-electron chi connectivity index (χ4n) is 2.50. The normalized spacial score (nSPS) is 11.9. The second-order valence-electron chi connectivity index (χ2n) is 6.16. The van der Waals surface area contributed by atoms with Crippen molar-refractivity contribution in [2.75, 3.05) is 5.73 Å². The van der Waals surface area contributed by atoms with Gasteiger partial charge in [-0.15, -0.1) is 0 Å². The average molecular weight is 265 g/mol. The zero-order chi connectivity index (χ0) is 14.3. The first kappa shape index (κ1) is 12.7. The smallest absolute Gasteiger partial charge is 0.138 e. The van der Waals surface area contributed by atoms with Crippen LogP contribution < -0.4 is 5.73 Å². The Kier molecular flexibility index (Phi) is 2.78. The summed E-state index contributed by atoms with van der Waals surface area (Å²) in [6.07, 6.45) is 0. The number of rotatable bonds is 1. The van der Waals surface area contributed by atoms with Gasteiger partial charge in [0.05, 0.1) is 11.0 Å². The number of nitrogens with zero attached hydrogens (tertiary/aromatic N) is 1. The fourth-order valence-corrected chi connectivity index (χ4v) is 2.50. The van der Waals surface area contributed by atoms with Crippen LogP contribution >= 0.6 is 0 Å². The van der Waals surface area contributed by atoms with Gasteiger partial charge in [-0.2, -0.15) is 0 Å². The molecular formula is C17H19N3. The van der Waals surface area contributed by atoms with Crippen LogP contribution in [-0.2, 0) is 5.41 Å². The van der Waals surface area contributed by atoms with E-state index in [0.29, 0.717) is 0 Å². The molecule has 0 radical (unpaired) electrons. The van der Waals surface area contributed by atoms with E-state index in [4.69, 9.17) is 5.73 Å². The number of aromatic nitrogens is 2. The molecule has 0 unspecified atom stereocenters. The third kappa shape index (κ3) is 2.16. The molecule has 3 nitrogen and oxygen atoms in total. The van der Waals surface area contributed by atoms with Crippen LogP contribution in [0, 0.1) is 0 Å². The molecule has 102 valence electrons. The molecule has 1 heterocycles. The first-order valence-corrected chi connectivity index (χ1v) is 6.80. The standard InChI is InChI=1S/C17H19N3/c1-17(2,3)13-7-5-4-6-12(13)16-19-14-9-8-11(18)10-15(14)20-16/h4-10H,18H2,1-3H3,(H,19,20). The summed E-state index contributed by atoms with van der Waals surface area (Å²) >= 11 is 0. The number of fused-ring (bicyclic) bond motifs is 1. The summed E-state index contributed by atoms with van der Waals surface area (Å²) in [5.74, 6) is 0.899. The van der Waals surface area contributed by atoms with E-state index in [0.717, 1.165) is 28.1 Å². The van der Waals surface area contributed by atoms with Gasteiger partial charge >= 0.3 is 0 Å². The van der Waals surface area contributed by atoms with Crippen molar-refractivity contribution in [1.82, 2.24) is 9.97 Å². The molecule has 0 saturated carbocycles. The highest BCUT2D eigenvalue weighted by Crippen LogP contribution is 2.32. The molecule has 1 aromatic heterocycles. The Balaban J connectivity index is 2.21. The Morgan fingerprint density at radius 2 is 1.80 bits per heavy atom. The van der Waals surface area contributed by atoms with Gasteiger partial charge in [0.15, 0.2) is 0 Å². The first-order chi connectivity index (χ1) is 9.45. The summed E-state index contributed by atoms with van der Waals surface area (Å²) in [5.41, 5.74) is 11.0. The predicted molar refractivity (Wildman–Crippen MR) is 84.6 cm³/mol. The summed E-state index contributed by atoms with van der Waals surface area (Å²) < 4.78 is 0. The molecule has 0 aliphatic heterocycles. The molecule has 0 atom stereocenters. The molecular weight excluding hydrogens is 246 g/mol. The monoisotopic (exact) mass is 265 g/mol. The molecule has 3 aromatic rings. The molecule has 2 aromatic carbocycles. The number of benzene rings is 2. The Labute approximate surface area is 118 Å². The van der Waals surface area contributed by atoms with E-state index in [1.807, 2.05) is 24.3 Å². The molecule has 20 heavy (non-hydrogen) atoms. The molecule has 0 amide bonds. The number of hydrogen-bond acceptors (Lipinski definition) is 2. The van der Waals surface area contributed by atoms with Crippen LogP contribution in [0.25, 0.3) is 22.4 Å². The minimum Gasteiger partial charge on any atom is -0.399 e. The van der Waals surface area contributed by atoms with Gasteiger partial charge in [0, 0.05) is 11.3 Å². The highest BCUT2D eigenvalue weighted by molar-refractivity contribution is 5.82. The van der Waals surface area contributed by atoms with Crippen molar-refractivity contribution < 1.29 is 0 Å². The highest BCUT2D eigenvalue weighted by Gasteiger charge is 2.19. The number of nitrogen functional groups attached to an aromatic ring is 1. The Hall–Kier alpha value is -2.29. The summed E-state index contributed by atoms with van der Waals surface area (Å²) in [4.78, 5) is 8.06. The zero-order valence-corrected chi connectivity index (χ0v) is 12.1. The van der Waals surface area contributed by atoms with E-state index < -0.39 is 0 Å². The molecule has 0 fully saturated rings. The number of hydrogen-bond donors (Lipinski definition) is 2. The second-order valence-corrected chi connectivity index (χ2v) is 6.16. The van der Waals surface area contributed by atoms with Crippen LogP contribution in [0.3, 0.4) is 0 Å². The quantitative estimate of drug-likeness (QED) is 0.650. The number of H-pyrrole nitrogens is 1. The summed E-state index contributed by atoms with van der Waals surface area (Å²) in [7, 11) is 0. The Morgan fingerprint density at radius 1 is 1.05 bits per heavy atom. The van der Waals surface area contributed by atoms with Gasteiger partial charge in [-0.25, -0.2) is 4.98 Å². The van der Waals surface area contributed by atoms with Crippen molar-refractivity contribution in [3.05, 3.63) is 48.0 Å². The second kappa shape index (κ2) is 4.37. The molecule has 0 aliphatic rings. The van der Waals surface area contributed by atoms with Gasteiger partial charge in [-0.3, -0.25) is 0 Å². The van der Waals surface area contributed by atoms with Crippen LogP contribution in [0.1, 0.15) is 26.3 Å². The van der Waals surface area contributed by atoms with Gasteiger partial charge in [0.2, 0.25) is 0 Å². The maximum atomic E-state index is 5.82. The van der Waals surface area contributed by atoms with E-state index in [-0.39, 0.29) is 5.41 Å². The predicted octanol–water partition coefficient (Wildman–Crippen LogP) is 4.11. The van der Waals surface area contributed by atoms with E-state index in [2.05, 4.69) is 48.9 Å². The lowest BCUT2D eigenvalue weighted by atomic mass is 9.83. The fraction of sp³-hybridized carbons (Fsp3) is 0.235. The lowest BCUT2D eigenvalue weighted by molar-refractivity contribution is 0.591. The summed E-state index contributed by atoms with van der Waals surface area (Å²) in [6.45, 7) is 6.64. The number of aromatic amines is 1. The number of imidazole rings is 1. The third-order valence-electron chi connectivity index (χ3n) is 3.50. The largest absolute Gasteiger partial charge is 0.399 e. The van der Waals surface area contributed by atoms with Gasteiger partial charge in [-0.1, -0.05) is 45.0 Å². The van der Waals surface area contributed by atoms with Crippen LogP contribution in [0.5, 0.6) is 0 Å². The SMILES string of the molecule is CC(C)(C)c1ccccc1-c1nc2ccc(N)cc2[nH]1. The number of nitrogens with two attached hydrogens (primary N) is 1. The molecule has 3 N–H and O–H groups in total. The van der Waals surface area contributed by atoms with Crippen LogP contribution in [0.4, 0.5) is 5.69 Å². The number of anilines is 1. The van der Waals surface area contributed by atoms with E-state index in [1.54, 1.807) is 0 Å². The highest BCUT2D eigenvalue weighted by atomic mass is 14.9. The molecule has 0 spiro atoms. The van der Waals surface area contributed by atoms with Crippen molar-refractivity contribution in [2.24, 2.45) is 0 Å². The van der Waals surface area contributed by atoms with Crippen LogP contribution in [0.2, 0.25) is 0 Å². The zero-order valence-electron chi connectivity index (χ0n) is 12.1. The summed E-state index contributed by atoms with van der Waals surface area (Å²) in [6, 6.07) is 14.1. The van der Waals surface area contributed by atoms with E-state index in [9.17, 15) is 0 Å². The van der Waals surface area contributed by atoms with Gasteiger partial charge in [-0.05, 0) is 29.2 Å². The minimum absolute atomic E-state index is 0.0780. The topological polar surface area (TPSA) is 54.7 Å². The average Bonchev–Trinajstić information content (AvgIpc) is 2.80. The van der Waals surface area contributed by atoms with Crippen molar-refractivity contribution in [3.8, 4) is 11.4 Å². The Bertz CT molecular complexity index is 763. The third-order valence-corrected chi connectivity index (χ3v) is 3.50. The van der Waals surface area contributed by atoms with Crippen molar-refractivity contribution >= 4 is 16.7 Å². The molecule has 3 heteroatoms. The van der Waals surface area contributed by atoms with Crippen LogP contribution in [-0.4, -0.2) is 9.97 Å². The van der Waals surface area contributed by atoms with Gasteiger partial charge < -0.3 is 10.7 Å². The molecule has 0 saturated heterocycles. The van der Waals surface area contributed by atoms with Crippen molar-refractivity contribution in [2.45, 2.75) is 26.2 Å². The van der Waals surface area contributed by atoms with E-state index in [1.165, 1.54) is 5.56 Å². The maximum Gasteiger partial charge on any atom is 0.138 e.